The number of hydrogen-bond acceptors (Lipinski definition) is 3. The van der Waals surface area contributed by atoms with E-state index in [9.17, 15) is 22.4 Å². The quantitative estimate of drug-likeness (QED) is 0.828. The van der Waals surface area contributed by atoms with Gasteiger partial charge in [0.15, 0.2) is 0 Å². The number of urea groups is 1. The fourth-order valence-electron chi connectivity index (χ4n) is 2.16. The van der Waals surface area contributed by atoms with E-state index in [1.807, 2.05) is 0 Å². The topological polar surface area (TPSA) is 67.2 Å². The number of halogens is 4. The van der Waals surface area contributed by atoms with Gasteiger partial charge < -0.3 is 15.2 Å². The Balaban J connectivity index is 1.90. The number of aromatic nitrogens is 1. The average Bonchev–Trinajstić information content (AvgIpc) is 2.77. The maximum absolute atomic E-state index is 13.4. The van der Waals surface area contributed by atoms with E-state index in [1.54, 1.807) is 13.8 Å². The lowest BCUT2D eigenvalue weighted by Crippen LogP contribution is -2.30. The molecule has 0 bridgehead atoms. The molecule has 1 heterocycles. The van der Waals surface area contributed by atoms with E-state index in [-0.39, 0.29) is 12.2 Å². The molecule has 2 rings (SSSR count). The van der Waals surface area contributed by atoms with Crippen molar-refractivity contribution in [1.82, 2.24) is 10.5 Å². The Morgan fingerprint density at radius 3 is 2.54 bits per heavy atom. The number of nitrogens with one attached hydrogen (secondary N) is 2. The van der Waals surface area contributed by atoms with Gasteiger partial charge >= 0.3 is 12.2 Å². The van der Waals surface area contributed by atoms with Crippen LogP contribution in [0.5, 0.6) is 0 Å². The summed E-state index contributed by atoms with van der Waals surface area (Å²) in [4.78, 5) is 11.7. The van der Waals surface area contributed by atoms with Crippen LogP contribution in [0.3, 0.4) is 0 Å². The number of carbonyl (C=O) groups is 1. The number of aryl methyl sites for hydroxylation is 2. The maximum atomic E-state index is 13.4. The van der Waals surface area contributed by atoms with Crippen molar-refractivity contribution >= 4 is 11.7 Å². The normalized spacial score (nSPS) is 11.4. The van der Waals surface area contributed by atoms with Crippen molar-refractivity contribution in [3.63, 3.8) is 0 Å². The van der Waals surface area contributed by atoms with Crippen molar-refractivity contribution in [3.05, 3.63) is 46.6 Å². The van der Waals surface area contributed by atoms with Gasteiger partial charge in [-0.05, 0) is 38.5 Å². The van der Waals surface area contributed by atoms with Crippen LogP contribution in [0.4, 0.5) is 28.0 Å². The van der Waals surface area contributed by atoms with E-state index in [0.717, 1.165) is 17.3 Å². The van der Waals surface area contributed by atoms with Gasteiger partial charge in [0.25, 0.3) is 0 Å². The Morgan fingerprint density at radius 2 is 2.00 bits per heavy atom. The molecule has 2 amide bonds. The highest BCUT2D eigenvalue weighted by Crippen LogP contribution is 2.32. The third-order valence-electron chi connectivity index (χ3n) is 3.37. The third kappa shape index (κ3) is 4.24. The van der Waals surface area contributed by atoms with Crippen molar-refractivity contribution in [2.75, 3.05) is 11.9 Å². The Morgan fingerprint density at radius 1 is 1.29 bits per heavy atom. The number of anilines is 1. The molecule has 0 unspecified atom stereocenters. The molecule has 2 N–H and O–H groups in total. The van der Waals surface area contributed by atoms with Gasteiger partial charge in [-0.3, -0.25) is 0 Å². The van der Waals surface area contributed by atoms with Crippen LogP contribution >= 0.6 is 0 Å². The fourth-order valence-corrected chi connectivity index (χ4v) is 2.16. The lowest BCUT2D eigenvalue weighted by atomic mass is 10.1. The predicted octanol–water partition coefficient (Wildman–Crippen LogP) is 3.81. The molecule has 130 valence electrons. The third-order valence-corrected chi connectivity index (χ3v) is 3.37. The highest BCUT2D eigenvalue weighted by atomic mass is 19.4. The SMILES string of the molecule is Cc1noc(C)c1CCNC(=O)Nc1ccc(C(F)(F)F)c(F)c1. The van der Waals surface area contributed by atoms with Gasteiger partial charge in [-0.25, -0.2) is 9.18 Å². The summed E-state index contributed by atoms with van der Waals surface area (Å²) >= 11 is 0. The highest BCUT2D eigenvalue weighted by Gasteiger charge is 2.33. The fraction of sp³-hybridized carbons (Fsp3) is 0.333. The van der Waals surface area contributed by atoms with Gasteiger partial charge in [0.05, 0.1) is 11.3 Å². The van der Waals surface area contributed by atoms with Gasteiger partial charge in [-0.15, -0.1) is 0 Å². The van der Waals surface area contributed by atoms with Crippen LogP contribution in [-0.2, 0) is 12.6 Å². The first kappa shape index (κ1) is 17.8. The molecule has 1 aromatic carbocycles. The summed E-state index contributed by atoms with van der Waals surface area (Å²) < 4.78 is 55.8. The molecule has 0 aliphatic carbocycles. The molecule has 24 heavy (non-hydrogen) atoms. The molecule has 0 fully saturated rings. The number of benzene rings is 1. The molecule has 5 nitrogen and oxygen atoms in total. The van der Waals surface area contributed by atoms with Crippen LogP contribution in [0.1, 0.15) is 22.6 Å². The minimum absolute atomic E-state index is 0.0738. The molecule has 0 aliphatic heterocycles. The molecular formula is C15H15F4N3O2. The van der Waals surface area contributed by atoms with Gasteiger partial charge in [0, 0.05) is 17.8 Å². The molecule has 0 radical (unpaired) electrons. The second-order valence-corrected chi connectivity index (χ2v) is 5.13. The van der Waals surface area contributed by atoms with Gasteiger partial charge in [-0.2, -0.15) is 13.2 Å². The molecule has 1 aromatic heterocycles. The van der Waals surface area contributed by atoms with E-state index in [0.29, 0.717) is 24.3 Å². The summed E-state index contributed by atoms with van der Waals surface area (Å²) in [5.41, 5.74) is 0.137. The van der Waals surface area contributed by atoms with Crippen molar-refractivity contribution in [2.24, 2.45) is 0 Å². The molecule has 2 aromatic rings. The second kappa shape index (κ2) is 6.90. The first-order chi connectivity index (χ1) is 11.2. The van der Waals surface area contributed by atoms with Crippen LogP contribution in [-0.4, -0.2) is 17.7 Å². The van der Waals surface area contributed by atoms with Crippen LogP contribution in [0, 0.1) is 19.7 Å². The maximum Gasteiger partial charge on any atom is 0.419 e. The molecule has 0 saturated heterocycles. The first-order valence-electron chi connectivity index (χ1n) is 7.02. The van der Waals surface area contributed by atoms with Gasteiger partial charge in [0.1, 0.15) is 11.6 Å². The smallest absolute Gasteiger partial charge is 0.361 e. The van der Waals surface area contributed by atoms with Gasteiger partial charge in [0.2, 0.25) is 0 Å². The number of carbonyl (C=O) groups excluding carboxylic acids is 1. The molecule has 0 spiro atoms. The summed E-state index contributed by atoms with van der Waals surface area (Å²) in [7, 11) is 0. The Labute approximate surface area is 135 Å². The Bertz CT molecular complexity index is 721. The van der Waals surface area contributed by atoms with E-state index in [1.165, 1.54) is 0 Å². The number of rotatable bonds is 4. The average molecular weight is 345 g/mol. The predicted molar refractivity (Wildman–Crippen MR) is 78.1 cm³/mol. The number of hydrogen-bond donors (Lipinski definition) is 2. The number of alkyl halides is 3. The summed E-state index contributed by atoms with van der Waals surface area (Å²) in [6, 6.07) is 1.53. The van der Waals surface area contributed by atoms with E-state index < -0.39 is 23.6 Å². The lowest BCUT2D eigenvalue weighted by molar-refractivity contribution is -0.139. The minimum atomic E-state index is -4.78. The van der Waals surface area contributed by atoms with Crippen LogP contribution in [0.2, 0.25) is 0 Å². The van der Waals surface area contributed by atoms with E-state index in [4.69, 9.17) is 4.52 Å². The Kier molecular flexibility index (Phi) is 5.10. The van der Waals surface area contributed by atoms with Crippen molar-refractivity contribution in [3.8, 4) is 0 Å². The monoisotopic (exact) mass is 345 g/mol. The van der Waals surface area contributed by atoms with Crippen LogP contribution < -0.4 is 10.6 Å². The van der Waals surface area contributed by atoms with E-state index in [2.05, 4.69) is 15.8 Å². The standard InChI is InChI=1S/C15H15F4N3O2/c1-8-11(9(2)24-22-8)5-6-20-14(23)21-10-3-4-12(13(16)7-10)15(17,18)19/h3-4,7H,5-6H2,1-2H3,(H2,20,21,23). The van der Waals surface area contributed by atoms with Crippen molar-refractivity contribution in [2.45, 2.75) is 26.4 Å². The molecule has 0 saturated carbocycles. The highest BCUT2D eigenvalue weighted by molar-refractivity contribution is 5.89. The zero-order valence-corrected chi connectivity index (χ0v) is 12.9. The van der Waals surface area contributed by atoms with Crippen LogP contribution in [0.15, 0.2) is 22.7 Å². The number of nitrogens with zero attached hydrogens (tertiary/aromatic N) is 1. The minimum Gasteiger partial charge on any atom is -0.361 e. The second-order valence-electron chi connectivity index (χ2n) is 5.13. The van der Waals surface area contributed by atoms with Crippen molar-refractivity contribution < 1.29 is 26.9 Å². The van der Waals surface area contributed by atoms with E-state index >= 15 is 0 Å². The molecule has 0 aliphatic rings. The zero-order chi connectivity index (χ0) is 17.9. The van der Waals surface area contributed by atoms with Crippen LogP contribution in [0.25, 0.3) is 0 Å². The zero-order valence-electron chi connectivity index (χ0n) is 12.9. The molecule has 0 atom stereocenters. The molecular weight excluding hydrogens is 330 g/mol. The van der Waals surface area contributed by atoms with Crippen molar-refractivity contribution in [1.29, 1.82) is 0 Å². The summed E-state index contributed by atoms with van der Waals surface area (Å²) in [6.45, 7) is 3.79. The Hall–Kier alpha value is -2.58. The number of amides is 2. The molecule has 9 heteroatoms. The largest absolute Gasteiger partial charge is 0.419 e. The summed E-state index contributed by atoms with van der Waals surface area (Å²) in [6.07, 6.45) is -4.30. The first-order valence-corrected chi connectivity index (χ1v) is 7.02. The van der Waals surface area contributed by atoms with Gasteiger partial charge in [-0.1, -0.05) is 5.16 Å². The summed E-state index contributed by atoms with van der Waals surface area (Å²) in [5.74, 6) is -0.796. The summed E-state index contributed by atoms with van der Waals surface area (Å²) in [5, 5.41) is 8.58. The lowest BCUT2D eigenvalue weighted by Gasteiger charge is -2.11.